The number of benzene rings is 1. The topological polar surface area (TPSA) is 42.1 Å². The van der Waals surface area contributed by atoms with E-state index in [4.69, 9.17) is 4.74 Å². The first-order valence-electron chi connectivity index (χ1n) is 6.38. The van der Waals surface area contributed by atoms with Gasteiger partial charge in [0.1, 0.15) is 0 Å². The summed E-state index contributed by atoms with van der Waals surface area (Å²) >= 11 is 0. The zero-order valence-corrected chi connectivity index (χ0v) is 10.7. The van der Waals surface area contributed by atoms with Gasteiger partial charge >= 0.3 is 0 Å². The minimum Gasteiger partial charge on any atom is -0.378 e. The Morgan fingerprint density at radius 3 is 3.00 bits per heavy atom. The molecule has 1 aliphatic rings. The zero-order valence-electron chi connectivity index (χ0n) is 10.7. The second kappa shape index (κ2) is 4.25. The SMILES string of the molecule is Cc1ccc2[nH]cc(C(=O)C3COC(C)C3)c2c1. The molecule has 94 valence electrons. The highest BCUT2D eigenvalue weighted by atomic mass is 16.5. The van der Waals surface area contributed by atoms with Crippen molar-refractivity contribution in [1.29, 1.82) is 0 Å². The van der Waals surface area contributed by atoms with E-state index in [9.17, 15) is 4.79 Å². The van der Waals surface area contributed by atoms with Crippen LogP contribution in [0.4, 0.5) is 0 Å². The van der Waals surface area contributed by atoms with Crippen LogP contribution in [0.25, 0.3) is 10.9 Å². The van der Waals surface area contributed by atoms with Crippen LogP contribution in [0, 0.1) is 12.8 Å². The molecule has 2 atom stereocenters. The smallest absolute Gasteiger partial charge is 0.170 e. The summed E-state index contributed by atoms with van der Waals surface area (Å²) in [5, 5.41) is 1.03. The molecule has 1 aromatic heterocycles. The molecule has 1 N–H and O–H groups in total. The molecule has 0 spiro atoms. The van der Waals surface area contributed by atoms with Crippen molar-refractivity contribution in [3.05, 3.63) is 35.5 Å². The maximum Gasteiger partial charge on any atom is 0.170 e. The zero-order chi connectivity index (χ0) is 12.7. The number of aryl methyl sites for hydroxylation is 1. The van der Waals surface area contributed by atoms with Crippen molar-refractivity contribution in [3.8, 4) is 0 Å². The third-order valence-corrected chi connectivity index (χ3v) is 3.67. The lowest BCUT2D eigenvalue weighted by molar-refractivity contribution is 0.0879. The van der Waals surface area contributed by atoms with E-state index in [1.165, 1.54) is 5.56 Å². The Labute approximate surface area is 106 Å². The molecule has 2 aromatic rings. The second-order valence-corrected chi connectivity index (χ2v) is 5.19. The Morgan fingerprint density at radius 2 is 2.28 bits per heavy atom. The number of hydrogen-bond donors (Lipinski definition) is 1. The fraction of sp³-hybridized carbons (Fsp3) is 0.400. The molecule has 3 heteroatoms. The van der Waals surface area contributed by atoms with E-state index in [2.05, 4.69) is 11.1 Å². The first-order chi connectivity index (χ1) is 8.65. The molecule has 2 heterocycles. The van der Waals surface area contributed by atoms with Crippen LogP contribution in [0.1, 0.15) is 29.3 Å². The van der Waals surface area contributed by atoms with Gasteiger partial charge in [0.2, 0.25) is 0 Å². The first-order valence-corrected chi connectivity index (χ1v) is 6.38. The number of carbonyl (C=O) groups excluding carboxylic acids is 1. The molecule has 0 saturated carbocycles. The maximum atomic E-state index is 12.5. The minimum absolute atomic E-state index is 0.0134. The largest absolute Gasteiger partial charge is 0.378 e. The van der Waals surface area contributed by atoms with Gasteiger partial charge in [-0.2, -0.15) is 0 Å². The van der Waals surface area contributed by atoms with Gasteiger partial charge in [0.05, 0.1) is 12.7 Å². The first kappa shape index (κ1) is 11.5. The molecule has 3 rings (SSSR count). The van der Waals surface area contributed by atoms with Gasteiger partial charge in [-0.1, -0.05) is 11.6 Å². The summed E-state index contributed by atoms with van der Waals surface area (Å²) in [5.74, 6) is 0.218. The number of rotatable bonds is 2. The summed E-state index contributed by atoms with van der Waals surface area (Å²) in [4.78, 5) is 15.6. The Bertz CT molecular complexity index is 600. The van der Waals surface area contributed by atoms with Gasteiger partial charge in [-0.25, -0.2) is 0 Å². The summed E-state index contributed by atoms with van der Waals surface area (Å²) in [7, 11) is 0. The van der Waals surface area contributed by atoms with Gasteiger partial charge in [0.15, 0.2) is 5.78 Å². The predicted molar refractivity (Wildman–Crippen MR) is 70.9 cm³/mol. The highest BCUT2D eigenvalue weighted by Crippen LogP contribution is 2.27. The van der Waals surface area contributed by atoms with Crippen LogP contribution in [0.15, 0.2) is 24.4 Å². The van der Waals surface area contributed by atoms with Gasteiger partial charge in [-0.05, 0) is 32.4 Å². The normalized spacial score (nSPS) is 23.7. The van der Waals surface area contributed by atoms with E-state index in [1.54, 1.807) is 0 Å². The van der Waals surface area contributed by atoms with E-state index in [0.717, 1.165) is 22.9 Å². The summed E-state index contributed by atoms with van der Waals surface area (Å²) in [5.41, 5.74) is 3.00. The highest BCUT2D eigenvalue weighted by Gasteiger charge is 2.30. The number of hydrogen-bond acceptors (Lipinski definition) is 2. The fourth-order valence-corrected chi connectivity index (χ4v) is 2.66. The van der Waals surface area contributed by atoms with Crippen LogP contribution in [-0.4, -0.2) is 23.5 Å². The molecule has 1 aliphatic heterocycles. The quantitative estimate of drug-likeness (QED) is 0.823. The Hall–Kier alpha value is -1.61. The number of carbonyl (C=O) groups is 1. The summed E-state index contributed by atoms with van der Waals surface area (Å²) in [6.45, 7) is 4.62. The lowest BCUT2D eigenvalue weighted by Gasteiger charge is -2.05. The molecule has 1 fully saturated rings. The maximum absolute atomic E-state index is 12.5. The summed E-state index contributed by atoms with van der Waals surface area (Å²) in [6, 6.07) is 6.14. The molecule has 0 aliphatic carbocycles. The molecule has 0 bridgehead atoms. The molecule has 1 aromatic carbocycles. The van der Waals surface area contributed by atoms with Gasteiger partial charge in [0, 0.05) is 28.6 Å². The number of H-pyrrole nitrogens is 1. The number of Topliss-reactive ketones (excluding diaryl/α,β-unsaturated/α-hetero) is 1. The number of aromatic nitrogens is 1. The van der Waals surface area contributed by atoms with E-state index in [0.29, 0.717) is 6.61 Å². The number of ether oxygens (including phenoxy) is 1. The van der Waals surface area contributed by atoms with Crippen LogP contribution in [-0.2, 0) is 4.74 Å². The van der Waals surface area contributed by atoms with Crippen molar-refractivity contribution in [2.75, 3.05) is 6.61 Å². The molecule has 1 saturated heterocycles. The average molecular weight is 243 g/mol. The van der Waals surface area contributed by atoms with Crippen LogP contribution in [0.5, 0.6) is 0 Å². The number of fused-ring (bicyclic) bond motifs is 1. The third kappa shape index (κ3) is 1.85. The minimum atomic E-state index is 0.0134. The predicted octanol–water partition coefficient (Wildman–Crippen LogP) is 3.08. The van der Waals surface area contributed by atoms with Crippen molar-refractivity contribution < 1.29 is 9.53 Å². The van der Waals surface area contributed by atoms with Crippen molar-refractivity contribution in [1.82, 2.24) is 4.98 Å². The average Bonchev–Trinajstić information content (AvgIpc) is 2.94. The monoisotopic (exact) mass is 243 g/mol. The number of aromatic amines is 1. The Balaban J connectivity index is 1.99. The lowest BCUT2D eigenvalue weighted by atomic mass is 9.95. The standard InChI is InChI=1S/C15H17NO2/c1-9-3-4-14-12(5-9)13(7-16-14)15(17)11-6-10(2)18-8-11/h3-5,7,10-11,16H,6,8H2,1-2H3. The summed E-state index contributed by atoms with van der Waals surface area (Å²) in [6.07, 6.45) is 2.86. The van der Waals surface area contributed by atoms with E-state index < -0.39 is 0 Å². The highest BCUT2D eigenvalue weighted by molar-refractivity contribution is 6.09. The van der Waals surface area contributed by atoms with Crippen LogP contribution >= 0.6 is 0 Å². The van der Waals surface area contributed by atoms with Crippen LogP contribution in [0.3, 0.4) is 0 Å². The van der Waals surface area contributed by atoms with E-state index in [1.807, 2.05) is 32.2 Å². The van der Waals surface area contributed by atoms with E-state index in [-0.39, 0.29) is 17.8 Å². The van der Waals surface area contributed by atoms with Crippen molar-refractivity contribution in [2.24, 2.45) is 5.92 Å². The number of ketones is 1. The molecule has 0 amide bonds. The molecule has 0 radical (unpaired) electrons. The lowest BCUT2D eigenvalue weighted by Crippen LogP contribution is -2.14. The molecular weight excluding hydrogens is 226 g/mol. The van der Waals surface area contributed by atoms with Crippen LogP contribution < -0.4 is 0 Å². The van der Waals surface area contributed by atoms with Gasteiger partial charge in [-0.15, -0.1) is 0 Å². The van der Waals surface area contributed by atoms with Crippen molar-refractivity contribution >= 4 is 16.7 Å². The van der Waals surface area contributed by atoms with Crippen molar-refractivity contribution in [3.63, 3.8) is 0 Å². The fourth-order valence-electron chi connectivity index (χ4n) is 2.66. The molecule has 18 heavy (non-hydrogen) atoms. The van der Waals surface area contributed by atoms with Gasteiger partial charge in [0.25, 0.3) is 0 Å². The number of nitrogens with one attached hydrogen (secondary N) is 1. The second-order valence-electron chi connectivity index (χ2n) is 5.19. The third-order valence-electron chi connectivity index (χ3n) is 3.67. The Morgan fingerprint density at radius 1 is 1.44 bits per heavy atom. The molecule has 3 nitrogen and oxygen atoms in total. The van der Waals surface area contributed by atoms with Crippen LogP contribution in [0.2, 0.25) is 0 Å². The Kier molecular flexibility index (Phi) is 2.71. The van der Waals surface area contributed by atoms with Crippen molar-refractivity contribution in [2.45, 2.75) is 26.4 Å². The van der Waals surface area contributed by atoms with Gasteiger partial charge in [-0.3, -0.25) is 4.79 Å². The molecular formula is C15H17NO2. The van der Waals surface area contributed by atoms with Gasteiger partial charge < -0.3 is 9.72 Å². The molecule has 2 unspecified atom stereocenters. The summed E-state index contributed by atoms with van der Waals surface area (Å²) < 4.78 is 5.49. The van der Waals surface area contributed by atoms with E-state index >= 15 is 0 Å².